The van der Waals surface area contributed by atoms with Crippen LogP contribution in [0.25, 0.3) is 0 Å². The van der Waals surface area contributed by atoms with Crippen molar-refractivity contribution in [1.29, 1.82) is 5.26 Å². The topological polar surface area (TPSA) is 44.0 Å². The van der Waals surface area contributed by atoms with Crippen LogP contribution in [-0.2, 0) is 0 Å². The summed E-state index contributed by atoms with van der Waals surface area (Å²) in [5.41, 5.74) is 0.434. The summed E-state index contributed by atoms with van der Waals surface area (Å²) < 4.78 is 0. The Hall–Kier alpha value is -1.07. The number of hydrogen-bond acceptors (Lipinski definition) is 2. The first-order chi connectivity index (χ1) is 7.24. The summed E-state index contributed by atoms with van der Waals surface area (Å²) in [7, 11) is 0. The molecule has 80 valence electrons. The summed E-state index contributed by atoms with van der Waals surface area (Å²) in [6.07, 6.45) is 11.9. The Morgan fingerprint density at radius 1 is 1.33 bits per heavy atom. The molecule has 2 nitrogen and oxygen atoms in total. The molecule has 15 heavy (non-hydrogen) atoms. The maximum absolute atomic E-state index is 10.5. The minimum absolute atomic E-state index is 0.000871. The van der Waals surface area contributed by atoms with Crippen LogP contribution in [0.1, 0.15) is 38.5 Å². The molecule has 0 heterocycles. The first kappa shape index (κ1) is 10.4. The molecule has 2 heteroatoms. The smallest absolute Gasteiger partial charge is 0.0893 e. The number of nitriles is 1. The summed E-state index contributed by atoms with van der Waals surface area (Å²) in [5.74, 6) is 0.000871. The Morgan fingerprint density at radius 2 is 2.07 bits per heavy atom. The molecular formula is C13H17NO. The van der Waals surface area contributed by atoms with Gasteiger partial charge in [0.05, 0.1) is 17.6 Å². The third-order valence-corrected chi connectivity index (χ3v) is 3.48. The highest BCUT2D eigenvalue weighted by Crippen LogP contribution is 2.36. The molecule has 2 aliphatic carbocycles. The SMILES string of the molecule is N#CC1C=CC(C2(O)CCCCC2)=CC1. The highest BCUT2D eigenvalue weighted by molar-refractivity contribution is 5.34. The molecule has 0 radical (unpaired) electrons. The van der Waals surface area contributed by atoms with Crippen LogP contribution in [0.5, 0.6) is 0 Å². The van der Waals surface area contributed by atoms with Gasteiger partial charge in [-0.25, -0.2) is 0 Å². The molecular weight excluding hydrogens is 186 g/mol. The summed E-state index contributed by atoms with van der Waals surface area (Å²) in [4.78, 5) is 0. The predicted octanol–water partition coefficient (Wildman–Crippen LogP) is 2.71. The van der Waals surface area contributed by atoms with Gasteiger partial charge in [0.25, 0.3) is 0 Å². The highest BCUT2D eigenvalue weighted by Gasteiger charge is 2.32. The van der Waals surface area contributed by atoms with Gasteiger partial charge in [0.2, 0.25) is 0 Å². The fraction of sp³-hybridized carbons (Fsp3) is 0.615. The highest BCUT2D eigenvalue weighted by atomic mass is 16.3. The first-order valence-corrected chi connectivity index (χ1v) is 5.75. The van der Waals surface area contributed by atoms with Crippen molar-refractivity contribution >= 4 is 0 Å². The van der Waals surface area contributed by atoms with Crippen molar-refractivity contribution < 1.29 is 5.11 Å². The monoisotopic (exact) mass is 203 g/mol. The molecule has 0 aromatic carbocycles. The minimum atomic E-state index is -0.602. The van der Waals surface area contributed by atoms with Gasteiger partial charge < -0.3 is 5.11 Å². The van der Waals surface area contributed by atoms with Crippen LogP contribution in [-0.4, -0.2) is 10.7 Å². The normalized spacial score (nSPS) is 29.3. The van der Waals surface area contributed by atoms with Crippen LogP contribution < -0.4 is 0 Å². The van der Waals surface area contributed by atoms with Crippen molar-refractivity contribution in [2.45, 2.75) is 44.1 Å². The Labute approximate surface area is 90.9 Å². The van der Waals surface area contributed by atoms with Crippen molar-refractivity contribution in [1.82, 2.24) is 0 Å². The quantitative estimate of drug-likeness (QED) is 0.712. The van der Waals surface area contributed by atoms with Crippen LogP contribution in [0.2, 0.25) is 0 Å². The van der Waals surface area contributed by atoms with Crippen molar-refractivity contribution in [3.05, 3.63) is 23.8 Å². The third-order valence-electron chi connectivity index (χ3n) is 3.48. The molecule has 0 bridgehead atoms. The predicted molar refractivity (Wildman–Crippen MR) is 59.0 cm³/mol. The van der Waals surface area contributed by atoms with Gasteiger partial charge in [-0.3, -0.25) is 0 Å². The second-order valence-electron chi connectivity index (χ2n) is 4.58. The molecule has 0 amide bonds. The molecule has 0 aromatic heterocycles. The lowest BCUT2D eigenvalue weighted by atomic mass is 9.77. The lowest BCUT2D eigenvalue weighted by molar-refractivity contribution is 0.0423. The number of aliphatic hydroxyl groups is 1. The van der Waals surface area contributed by atoms with Crippen molar-refractivity contribution in [3.63, 3.8) is 0 Å². The lowest BCUT2D eigenvalue weighted by Crippen LogP contribution is -2.33. The van der Waals surface area contributed by atoms with E-state index in [1.165, 1.54) is 6.42 Å². The van der Waals surface area contributed by atoms with Gasteiger partial charge in [0.15, 0.2) is 0 Å². The van der Waals surface area contributed by atoms with Gasteiger partial charge in [-0.1, -0.05) is 37.5 Å². The van der Waals surface area contributed by atoms with E-state index >= 15 is 0 Å². The Morgan fingerprint density at radius 3 is 2.60 bits per heavy atom. The molecule has 0 spiro atoms. The molecule has 1 fully saturated rings. The molecule has 0 saturated heterocycles. The van der Waals surface area contributed by atoms with Crippen LogP contribution in [0.3, 0.4) is 0 Å². The van der Waals surface area contributed by atoms with Gasteiger partial charge in [0.1, 0.15) is 0 Å². The molecule has 1 unspecified atom stereocenters. The number of rotatable bonds is 1. The van der Waals surface area contributed by atoms with Crippen LogP contribution in [0.4, 0.5) is 0 Å². The van der Waals surface area contributed by atoms with Crippen molar-refractivity contribution in [3.8, 4) is 6.07 Å². The van der Waals surface area contributed by atoms with E-state index in [0.717, 1.165) is 37.7 Å². The van der Waals surface area contributed by atoms with E-state index in [2.05, 4.69) is 6.07 Å². The molecule has 0 aliphatic heterocycles. The van der Waals surface area contributed by atoms with Gasteiger partial charge >= 0.3 is 0 Å². The van der Waals surface area contributed by atoms with Gasteiger partial charge in [0, 0.05) is 0 Å². The molecule has 1 N–H and O–H groups in total. The van der Waals surface area contributed by atoms with Crippen LogP contribution in [0.15, 0.2) is 23.8 Å². The Balaban J connectivity index is 2.09. The molecule has 0 aromatic rings. The van der Waals surface area contributed by atoms with E-state index in [1.54, 1.807) is 0 Å². The Bertz CT molecular complexity index is 329. The van der Waals surface area contributed by atoms with Crippen LogP contribution in [0, 0.1) is 17.2 Å². The third kappa shape index (κ3) is 2.13. The van der Waals surface area contributed by atoms with E-state index in [9.17, 15) is 5.11 Å². The van der Waals surface area contributed by atoms with Gasteiger partial charge in [-0.2, -0.15) is 5.26 Å². The van der Waals surface area contributed by atoms with E-state index in [1.807, 2.05) is 18.2 Å². The number of hydrogen-bond donors (Lipinski definition) is 1. The average Bonchev–Trinajstić information content (AvgIpc) is 2.30. The summed E-state index contributed by atoms with van der Waals surface area (Å²) in [6.45, 7) is 0. The average molecular weight is 203 g/mol. The fourth-order valence-electron chi connectivity index (χ4n) is 2.49. The number of allylic oxidation sites excluding steroid dienone is 2. The summed E-state index contributed by atoms with van der Waals surface area (Å²) in [6, 6.07) is 2.23. The minimum Gasteiger partial charge on any atom is -0.385 e. The molecule has 2 aliphatic rings. The molecule has 1 saturated carbocycles. The maximum atomic E-state index is 10.5. The van der Waals surface area contributed by atoms with Crippen molar-refractivity contribution in [2.75, 3.05) is 0 Å². The molecule has 2 rings (SSSR count). The number of nitrogens with zero attached hydrogens (tertiary/aromatic N) is 1. The van der Waals surface area contributed by atoms with Gasteiger partial charge in [-0.05, 0) is 24.8 Å². The van der Waals surface area contributed by atoms with E-state index in [4.69, 9.17) is 5.26 Å². The zero-order valence-electron chi connectivity index (χ0n) is 8.95. The summed E-state index contributed by atoms with van der Waals surface area (Å²) in [5, 5.41) is 19.2. The zero-order valence-corrected chi connectivity index (χ0v) is 8.95. The van der Waals surface area contributed by atoms with Crippen LogP contribution >= 0.6 is 0 Å². The second kappa shape index (κ2) is 4.20. The Kier molecular flexibility index (Phi) is 2.93. The second-order valence-corrected chi connectivity index (χ2v) is 4.58. The van der Waals surface area contributed by atoms with E-state index in [-0.39, 0.29) is 5.92 Å². The van der Waals surface area contributed by atoms with Gasteiger partial charge in [-0.15, -0.1) is 0 Å². The molecule has 1 atom stereocenters. The summed E-state index contributed by atoms with van der Waals surface area (Å²) >= 11 is 0. The zero-order chi connectivity index (χ0) is 10.7. The first-order valence-electron chi connectivity index (χ1n) is 5.75. The standard InChI is InChI=1S/C13H17NO/c14-10-11-4-6-12(7-5-11)13(15)8-2-1-3-9-13/h4,6-7,11,15H,1-3,5,8-9H2. The van der Waals surface area contributed by atoms with E-state index in [0.29, 0.717) is 0 Å². The maximum Gasteiger partial charge on any atom is 0.0893 e. The fourth-order valence-corrected chi connectivity index (χ4v) is 2.49. The lowest BCUT2D eigenvalue weighted by Gasteiger charge is -2.34. The van der Waals surface area contributed by atoms with E-state index < -0.39 is 5.60 Å². The van der Waals surface area contributed by atoms with Crippen molar-refractivity contribution in [2.24, 2.45) is 5.92 Å². The largest absolute Gasteiger partial charge is 0.385 e.